The van der Waals surface area contributed by atoms with E-state index in [1.807, 2.05) is 0 Å². The van der Waals surface area contributed by atoms with Crippen LogP contribution >= 0.6 is 0 Å². The lowest BCUT2D eigenvalue weighted by molar-refractivity contribution is -0.157. The molecule has 0 aliphatic heterocycles. The molecule has 0 aromatic heterocycles. The van der Waals surface area contributed by atoms with Crippen LogP contribution in [0, 0.1) is 5.41 Å². The van der Waals surface area contributed by atoms with Crippen LogP contribution in [0.4, 0.5) is 0 Å². The molecule has 1 aromatic rings. The third kappa shape index (κ3) is 10.0. The van der Waals surface area contributed by atoms with Crippen molar-refractivity contribution in [2.24, 2.45) is 5.73 Å². The van der Waals surface area contributed by atoms with Gasteiger partial charge >= 0.3 is 11.9 Å². The number of hydrogen-bond donors (Lipinski definition) is 5. The Morgan fingerprint density at radius 2 is 1.67 bits per heavy atom. The number of rotatable bonds is 12. The zero-order chi connectivity index (χ0) is 29.2. The van der Waals surface area contributed by atoms with Gasteiger partial charge in [-0.25, -0.2) is 4.79 Å². The van der Waals surface area contributed by atoms with E-state index in [9.17, 15) is 24.0 Å². The van der Waals surface area contributed by atoms with E-state index in [-0.39, 0.29) is 18.2 Å². The molecule has 1 aromatic carbocycles. The van der Waals surface area contributed by atoms with E-state index < -0.39 is 53.9 Å². The topological polar surface area (TPSA) is 190 Å². The Morgan fingerprint density at radius 3 is 2.21 bits per heavy atom. The smallest absolute Gasteiger partial charge is 0.331 e. The van der Waals surface area contributed by atoms with Crippen molar-refractivity contribution in [2.75, 3.05) is 13.7 Å². The molecule has 12 nitrogen and oxygen atoms in total. The summed E-state index contributed by atoms with van der Waals surface area (Å²) in [4.78, 5) is 63.0. The lowest BCUT2D eigenvalue weighted by atomic mass is 9.96. The molecule has 0 saturated heterocycles. The van der Waals surface area contributed by atoms with Crippen molar-refractivity contribution in [1.29, 1.82) is 5.41 Å². The van der Waals surface area contributed by atoms with Gasteiger partial charge in [0.25, 0.3) is 0 Å². The number of amidine groups is 1. The fourth-order valence-corrected chi connectivity index (χ4v) is 4.26. The number of ether oxygens (including phenoxy) is 2. The Bertz CT molecular complexity index is 1070. The van der Waals surface area contributed by atoms with Crippen molar-refractivity contribution >= 4 is 35.5 Å². The molecule has 0 unspecified atom stereocenters. The van der Waals surface area contributed by atoms with Crippen molar-refractivity contribution in [1.82, 2.24) is 16.0 Å². The molecule has 214 valence electrons. The van der Waals surface area contributed by atoms with E-state index in [0.29, 0.717) is 37.7 Å². The van der Waals surface area contributed by atoms with E-state index >= 15 is 0 Å². The molecule has 0 spiro atoms. The SMILES string of the molecule is COC(=O)C1(NC(=O)[C@H](CC(=O)OC(C)(C)C)NC(=O)CNC(=O)CCc2ccc(C(=N)N)cc2)CCCC1. The first kappa shape index (κ1) is 31.3. The summed E-state index contributed by atoms with van der Waals surface area (Å²) in [7, 11) is 1.23. The molecule has 1 saturated carbocycles. The van der Waals surface area contributed by atoms with E-state index in [1.54, 1.807) is 45.0 Å². The second-order valence-corrected chi connectivity index (χ2v) is 10.6. The number of hydrogen-bond acceptors (Lipinski definition) is 8. The maximum Gasteiger partial charge on any atom is 0.331 e. The standard InChI is InChI=1S/C27H39N5O7/c1-26(2,3)39-22(35)15-19(24(36)32-27(25(37)38-4)13-5-6-14-27)31-21(34)16-30-20(33)12-9-17-7-10-18(11-8-17)23(28)29/h7-8,10-11,19H,5-6,9,12-16H2,1-4H3,(H3,28,29)(H,30,33)(H,31,34)(H,32,36)/t19-/m0/s1. The van der Waals surface area contributed by atoms with Crippen molar-refractivity contribution < 1.29 is 33.4 Å². The zero-order valence-electron chi connectivity index (χ0n) is 23.0. The van der Waals surface area contributed by atoms with Crippen LogP contribution in [-0.4, -0.2) is 66.3 Å². The molecule has 39 heavy (non-hydrogen) atoms. The van der Waals surface area contributed by atoms with Gasteiger partial charge in [-0.2, -0.15) is 0 Å². The van der Waals surface area contributed by atoms with E-state index in [0.717, 1.165) is 5.56 Å². The number of carbonyl (C=O) groups is 5. The van der Waals surface area contributed by atoms with Gasteiger partial charge in [0.05, 0.1) is 20.1 Å². The third-order valence-electron chi connectivity index (χ3n) is 6.19. The van der Waals surface area contributed by atoms with Gasteiger partial charge in [0.2, 0.25) is 17.7 Å². The highest BCUT2D eigenvalue weighted by Gasteiger charge is 2.45. The van der Waals surface area contributed by atoms with Gasteiger partial charge in [-0.05, 0) is 45.6 Å². The van der Waals surface area contributed by atoms with Crippen LogP contribution in [0.5, 0.6) is 0 Å². The van der Waals surface area contributed by atoms with E-state index in [4.69, 9.17) is 20.6 Å². The highest BCUT2D eigenvalue weighted by Crippen LogP contribution is 2.31. The molecule has 6 N–H and O–H groups in total. The minimum Gasteiger partial charge on any atom is -0.467 e. The Labute approximate surface area is 228 Å². The molecule has 0 bridgehead atoms. The Kier molecular flexibility index (Phi) is 11.0. The molecule has 0 heterocycles. The average Bonchev–Trinajstić information content (AvgIpc) is 3.34. The van der Waals surface area contributed by atoms with Gasteiger partial charge in [0.1, 0.15) is 23.0 Å². The van der Waals surface area contributed by atoms with E-state index in [2.05, 4.69) is 16.0 Å². The van der Waals surface area contributed by atoms with E-state index in [1.165, 1.54) is 7.11 Å². The molecule has 3 amide bonds. The van der Waals surface area contributed by atoms with Crippen molar-refractivity contribution in [3.63, 3.8) is 0 Å². The van der Waals surface area contributed by atoms with Gasteiger partial charge < -0.3 is 31.2 Å². The molecule has 1 atom stereocenters. The molecule has 1 fully saturated rings. The van der Waals surface area contributed by atoms with Crippen molar-refractivity contribution in [3.8, 4) is 0 Å². The number of aryl methyl sites for hydroxylation is 1. The number of nitrogens with two attached hydrogens (primary N) is 1. The first-order chi connectivity index (χ1) is 18.2. The number of benzene rings is 1. The summed E-state index contributed by atoms with van der Waals surface area (Å²) < 4.78 is 10.2. The van der Waals surface area contributed by atoms with Crippen LogP contribution in [0.25, 0.3) is 0 Å². The van der Waals surface area contributed by atoms with Gasteiger partial charge in [-0.3, -0.25) is 24.6 Å². The zero-order valence-corrected chi connectivity index (χ0v) is 23.0. The summed E-state index contributed by atoms with van der Waals surface area (Å²) in [5.74, 6) is -3.13. The first-order valence-electron chi connectivity index (χ1n) is 12.9. The quantitative estimate of drug-likeness (QED) is 0.145. The molecule has 1 aliphatic carbocycles. The monoisotopic (exact) mass is 545 g/mol. The third-order valence-corrected chi connectivity index (χ3v) is 6.19. The number of carbonyl (C=O) groups excluding carboxylic acids is 5. The fraction of sp³-hybridized carbons (Fsp3) is 0.556. The molecule has 1 aliphatic rings. The summed E-state index contributed by atoms with van der Waals surface area (Å²) in [5, 5.41) is 15.1. The highest BCUT2D eigenvalue weighted by molar-refractivity contribution is 5.96. The summed E-state index contributed by atoms with van der Waals surface area (Å²) in [6, 6.07) is 5.58. The lowest BCUT2D eigenvalue weighted by Crippen LogP contribution is -2.59. The van der Waals surface area contributed by atoms with Gasteiger partial charge in [0, 0.05) is 12.0 Å². The summed E-state index contributed by atoms with van der Waals surface area (Å²) in [6.07, 6.45) is 2.24. The van der Waals surface area contributed by atoms with Crippen molar-refractivity contribution in [2.45, 2.75) is 82.9 Å². The highest BCUT2D eigenvalue weighted by atomic mass is 16.6. The Morgan fingerprint density at radius 1 is 1.05 bits per heavy atom. The van der Waals surface area contributed by atoms with Gasteiger partial charge in [0.15, 0.2) is 0 Å². The van der Waals surface area contributed by atoms with Crippen LogP contribution in [0.1, 0.15) is 70.4 Å². The van der Waals surface area contributed by atoms with Crippen LogP contribution in [0.15, 0.2) is 24.3 Å². The molecule has 12 heteroatoms. The Hall–Kier alpha value is -3.96. The van der Waals surface area contributed by atoms with Crippen LogP contribution < -0.4 is 21.7 Å². The fourth-order valence-electron chi connectivity index (χ4n) is 4.26. The molecular formula is C27H39N5O7. The number of esters is 2. The summed E-state index contributed by atoms with van der Waals surface area (Å²) in [5.41, 5.74) is 4.85. The van der Waals surface area contributed by atoms with Gasteiger partial charge in [-0.15, -0.1) is 0 Å². The van der Waals surface area contributed by atoms with Crippen molar-refractivity contribution in [3.05, 3.63) is 35.4 Å². The lowest BCUT2D eigenvalue weighted by Gasteiger charge is -2.30. The maximum absolute atomic E-state index is 13.2. The molecule has 0 radical (unpaired) electrons. The Balaban J connectivity index is 1.98. The predicted molar refractivity (Wildman–Crippen MR) is 143 cm³/mol. The second-order valence-electron chi connectivity index (χ2n) is 10.6. The number of nitrogens with one attached hydrogen (secondary N) is 4. The van der Waals surface area contributed by atoms with Crippen LogP contribution in [-0.2, 0) is 39.9 Å². The minimum absolute atomic E-state index is 0.0485. The first-order valence-corrected chi connectivity index (χ1v) is 12.9. The summed E-state index contributed by atoms with van der Waals surface area (Å²) >= 11 is 0. The molecule has 2 rings (SSSR count). The van der Waals surface area contributed by atoms with Crippen LogP contribution in [0.3, 0.4) is 0 Å². The maximum atomic E-state index is 13.2. The number of methoxy groups -OCH3 is 1. The normalized spacial score (nSPS) is 15.0. The largest absolute Gasteiger partial charge is 0.467 e. The summed E-state index contributed by atoms with van der Waals surface area (Å²) in [6.45, 7) is 4.62. The second kappa shape index (κ2) is 13.7. The van der Waals surface area contributed by atoms with Crippen LogP contribution in [0.2, 0.25) is 0 Å². The molecular weight excluding hydrogens is 506 g/mol. The predicted octanol–water partition coefficient (Wildman–Crippen LogP) is 0.838. The average molecular weight is 546 g/mol. The van der Waals surface area contributed by atoms with Gasteiger partial charge in [-0.1, -0.05) is 37.1 Å². The number of amides is 3. The minimum atomic E-state index is -1.33. The number of nitrogen functional groups attached to an aromatic ring is 1.